The van der Waals surface area contributed by atoms with E-state index < -0.39 is 37.0 Å². The Morgan fingerprint density at radius 3 is 2.31 bits per heavy atom. The highest BCUT2D eigenvalue weighted by atomic mass is 19.4. The van der Waals surface area contributed by atoms with Crippen LogP contribution in [-0.4, -0.2) is 57.5 Å². The van der Waals surface area contributed by atoms with Gasteiger partial charge >= 0.3 is 6.30 Å². The van der Waals surface area contributed by atoms with Gasteiger partial charge in [-0.25, -0.2) is 9.97 Å². The number of piperidine rings is 1. The smallest absolute Gasteiger partial charge is 0.372 e. The number of nitrogens with zero attached hydrogens (tertiary/aromatic N) is 5. The fraction of sp³-hybridized carbons (Fsp3) is 0.419. The Labute approximate surface area is 243 Å². The van der Waals surface area contributed by atoms with E-state index in [2.05, 4.69) is 52.2 Å². The molecule has 0 saturated carbocycles. The molecule has 5 rings (SSSR count). The Balaban J connectivity index is 1.26. The molecule has 1 N–H and O–H groups in total. The predicted molar refractivity (Wildman–Crippen MR) is 154 cm³/mol. The maximum atomic E-state index is 13.4. The molecule has 0 bridgehead atoms. The van der Waals surface area contributed by atoms with Gasteiger partial charge < -0.3 is 15.1 Å². The second kappa shape index (κ2) is 12.4. The molecule has 0 spiro atoms. The van der Waals surface area contributed by atoms with Crippen LogP contribution in [0.2, 0.25) is 0 Å². The second-order valence-electron chi connectivity index (χ2n) is 11.3. The van der Waals surface area contributed by atoms with E-state index in [9.17, 15) is 22.8 Å². The molecule has 2 saturated heterocycles. The van der Waals surface area contributed by atoms with E-state index in [1.54, 1.807) is 12.4 Å². The number of hydrogen-bond acceptors (Lipinski definition) is 6. The van der Waals surface area contributed by atoms with Gasteiger partial charge in [-0.1, -0.05) is 19.1 Å². The number of likely N-dealkylation sites (tertiary alicyclic amines) is 1. The zero-order valence-corrected chi connectivity index (χ0v) is 23.8. The summed E-state index contributed by atoms with van der Waals surface area (Å²) in [6.45, 7) is 6.12. The van der Waals surface area contributed by atoms with E-state index in [1.165, 1.54) is 29.8 Å². The van der Waals surface area contributed by atoms with E-state index in [1.807, 2.05) is 24.3 Å². The highest BCUT2D eigenvalue weighted by Crippen LogP contribution is 2.32. The van der Waals surface area contributed by atoms with Crippen LogP contribution in [0.15, 0.2) is 61.2 Å². The minimum absolute atomic E-state index is 0.109. The lowest BCUT2D eigenvalue weighted by atomic mass is 9.98. The van der Waals surface area contributed by atoms with Crippen LogP contribution in [-0.2, 0) is 22.7 Å². The summed E-state index contributed by atoms with van der Waals surface area (Å²) in [6.07, 6.45) is 1.61. The van der Waals surface area contributed by atoms with Gasteiger partial charge in [0, 0.05) is 74.2 Å². The van der Waals surface area contributed by atoms with Gasteiger partial charge in [-0.2, -0.15) is 0 Å². The van der Waals surface area contributed by atoms with E-state index in [0.717, 1.165) is 41.5 Å². The van der Waals surface area contributed by atoms with Crippen molar-refractivity contribution in [2.75, 3.05) is 29.9 Å². The monoisotopic (exact) mass is 580 g/mol. The fourth-order valence-corrected chi connectivity index (χ4v) is 5.54. The molecular formula is C31H35F3N6O2. The van der Waals surface area contributed by atoms with Gasteiger partial charge in [0.1, 0.15) is 6.33 Å². The summed E-state index contributed by atoms with van der Waals surface area (Å²) in [6, 6.07) is 14.0. The number of aromatic nitrogens is 2. The minimum atomic E-state index is -4.81. The molecule has 0 aliphatic carbocycles. The minimum Gasteiger partial charge on any atom is -0.372 e. The first-order valence-corrected chi connectivity index (χ1v) is 14.2. The number of anilines is 3. The first-order chi connectivity index (χ1) is 20.1. The van der Waals surface area contributed by atoms with Crippen molar-refractivity contribution in [2.24, 2.45) is 11.8 Å². The van der Waals surface area contributed by atoms with Crippen LogP contribution in [0, 0.1) is 18.8 Å². The predicted octanol–water partition coefficient (Wildman–Crippen LogP) is 5.66. The van der Waals surface area contributed by atoms with Crippen LogP contribution in [0.1, 0.15) is 42.9 Å². The van der Waals surface area contributed by atoms with Gasteiger partial charge in [-0.05, 0) is 67.1 Å². The first kappa shape index (κ1) is 29.3. The summed E-state index contributed by atoms with van der Waals surface area (Å²) >= 11 is 0. The standard InChI is InChI=1S/C31H35F3N6O2/c1-21-9-11-38(12-10-21)27-7-8-28(22(2)13-27)37-26-5-3-23(4-6-26)17-39(18-24-15-35-20-36-16-24)30(42)25-14-29(41)40(19-25)31(32,33)34/h3-8,13,15-16,20-21,25,37H,9-12,14,17-19H2,1-2H3. The third kappa shape index (κ3) is 7.00. The molecule has 2 fully saturated rings. The normalized spacial score (nSPS) is 17.9. The number of halogens is 3. The average Bonchev–Trinajstić information content (AvgIpc) is 3.37. The topological polar surface area (TPSA) is 81.7 Å². The van der Waals surface area contributed by atoms with Crippen LogP contribution < -0.4 is 10.2 Å². The highest BCUT2D eigenvalue weighted by Gasteiger charge is 2.49. The molecule has 2 aromatic carbocycles. The second-order valence-corrected chi connectivity index (χ2v) is 11.3. The van der Waals surface area contributed by atoms with Gasteiger partial charge in [-0.15, -0.1) is 13.2 Å². The number of hydrogen-bond donors (Lipinski definition) is 1. The summed E-state index contributed by atoms with van der Waals surface area (Å²) in [5, 5.41) is 3.46. The number of benzene rings is 2. The number of rotatable bonds is 8. The zero-order valence-electron chi connectivity index (χ0n) is 23.8. The molecule has 2 aliphatic heterocycles. The van der Waals surface area contributed by atoms with Gasteiger partial charge in [0.15, 0.2) is 0 Å². The number of carbonyl (C=O) groups excluding carboxylic acids is 2. The maximum Gasteiger partial charge on any atom is 0.487 e. The molecule has 2 aliphatic rings. The van der Waals surface area contributed by atoms with Crippen molar-refractivity contribution in [2.45, 2.75) is 52.5 Å². The Kier molecular flexibility index (Phi) is 8.65. The Hall–Kier alpha value is -4.15. The van der Waals surface area contributed by atoms with Crippen molar-refractivity contribution in [3.05, 3.63) is 77.9 Å². The van der Waals surface area contributed by atoms with Gasteiger partial charge in [0.05, 0.1) is 5.92 Å². The molecule has 42 heavy (non-hydrogen) atoms. The molecule has 1 atom stereocenters. The molecule has 1 unspecified atom stereocenters. The average molecular weight is 581 g/mol. The largest absolute Gasteiger partial charge is 0.487 e. The van der Waals surface area contributed by atoms with Gasteiger partial charge in [0.2, 0.25) is 11.8 Å². The molecule has 2 amide bonds. The number of carbonyl (C=O) groups is 2. The van der Waals surface area contributed by atoms with Crippen LogP contribution in [0.5, 0.6) is 0 Å². The Morgan fingerprint density at radius 2 is 1.69 bits per heavy atom. The zero-order chi connectivity index (χ0) is 29.9. The number of aryl methyl sites for hydroxylation is 1. The van der Waals surface area contributed by atoms with Crippen molar-refractivity contribution >= 4 is 28.9 Å². The van der Waals surface area contributed by atoms with Crippen molar-refractivity contribution in [3.63, 3.8) is 0 Å². The Morgan fingerprint density at radius 1 is 1.02 bits per heavy atom. The lowest BCUT2D eigenvalue weighted by molar-refractivity contribution is -0.235. The van der Waals surface area contributed by atoms with E-state index in [-0.39, 0.29) is 18.0 Å². The molecule has 3 aromatic rings. The Bertz CT molecular complexity index is 1390. The maximum absolute atomic E-state index is 13.4. The summed E-state index contributed by atoms with van der Waals surface area (Å²) < 4.78 is 39.7. The SMILES string of the molecule is Cc1cc(N2CCC(C)CC2)ccc1Nc1ccc(CN(Cc2cncnc2)C(=O)C2CC(=O)N(C(F)(F)F)C2)cc1. The van der Waals surface area contributed by atoms with Crippen LogP contribution >= 0.6 is 0 Å². The van der Waals surface area contributed by atoms with Crippen LogP contribution in [0.3, 0.4) is 0 Å². The summed E-state index contributed by atoms with van der Waals surface area (Å²) in [7, 11) is 0. The lowest BCUT2D eigenvalue weighted by Crippen LogP contribution is -2.41. The van der Waals surface area contributed by atoms with Crippen LogP contribution in [0.4, 0.5) is 30.2 Å². The molecule has 222 valence electrons. The lowest BCUT2D eigenvalue weighted by Gasteiger charge is -2.32. The van der Waals surface area contributed by atoms with Crippen molar-refractivity contribution in [1.82, 2.24) is 19.8 Å². The molecule has 11 heteroatoms. The first-order valence-electron chi connectivity index (χ1n) is 14.2. The number of amides is 2. The van der Waals surface area contributed by atoms with E-state index in [0.29, 0.717) is 5.56 Å². The number of nitrogens with one attached hydrogen (secondary N) is 1. The molecular weight excluding hydrogens is 545 g/mol. The molecule has 0 radical (unpaired) electrons. The van der Waals surface area contributed by atoms with Crippen molar-refractivity contribution < 1.29 is 22.8 Å². The molecule has 1 aromatic heterocycles. The third-order valence-electron chi connectivity index (χ3n) is 8.04. The van der Waals surface area contributed by atoms with Crippen LogP contribution in [0.25, 0.3) is 0 Å². The van der Waals surface area contributed by atoms with E-state index >= 15 is 0 Å². The molecule has 8 nitrogen and oxygen atoms in total. The molecule has 3 heterocycles. The van der Waals surface area contributed by atoms with E-state index in [4.69, 9.17) is 0 Å². The third-order valence-corrected chi connectivity index (χ3v) is 8.04. The summed E-state index contributed by atoms with van der Waals surface area (Å²) in [4.78, 5) is 37.1. The van der Waals surface area contributed by atoms with Gasteiger partial charge in [0.25, 0.3) is 0 Å². The van der Waals surface area contributed by atoms with Gasteiger partial charge in [-0.3, -0.25) is 14.5 Å². The number of alkyl halides is 3. The summed E-state index contributed by atoms with van der Waals surface area (Å²) in [5.41, 5.74) is 5.68. The van der Waals surface area contributed by atoms with Crippen molar-refractivity contribution in [3.8, 4) is 0 Å². The fourth-order valence-electron chi connectivity index (χ4n) is 5.54. The summed E-state index contributed by atoms with van der Waals surface area (Å²) in [5.74, 6) is -1.91. The van der Waals surface area contributed by atoms with Crippen molar-refractivity contribution in [1.29, 1.82) is 0 Å². The highest BCUT2D eigenvalue weighted by molar-refractivity contribution is 5.89. The quantitative estimate of drug-likeness (QED) is 0.346.